The average molecular weight is 271 g/mol. The second-order valence-corrected chi connectivity index (χ2v) is 5.46. The molecule has 0 amide bonds. The van der Waals surface area contributed by atoms with Crippen LogP contribution in [-0.2, 0) is 13.6 Å². The highest BCUT2D eigenvalue weighted by molar-refractivity contribution is 6.31. The van der Waals surface area contributed by atoms with Crippen LogP contribution in [0.5, 0.6) is 0 Å². The zero-order valence-corrected chi connectivity index (χ0v) is 12.3. The van der Waals surface area contributed by atoms with Crippen LogP contribution in [0.3, 0.4) is 0 Å². The number of nitrogens with one attached hydrogen (secondary N) is 1. The van der Waals surface area contributed by atoms with Crippen molar-refractivity contribution in [2.75, 3.05) is 19.6 Å². The van der Waals surface area contributed by atoms with Crippen molar-refractivity contribution < 1.29 is 0 Å². The number of hydrogen-bond acceptors (Lipinski definition) is 3. The molecule has 0 saturated carbocycles. The second-order valence-electron chi connectivity index (χ2n) is 5.09. The molecule has 2 rings (SSSR count). The van der Waals surface area contributed by atoms with E-state index in [2.05, 4.69) is 22.2 Å². The lowest BCUT2D eigenvalue weighted by atomic mass is 10.1. The highest BCUT2D eigenvalue weighted by Gasteiger charge is 2.23. The van der Waals surface area contributed by atoms with E-state index >= 15 is 0 Å². The van der Waals surface area contributed by atoms with Crippen molar-refractivity contribution in [2.24, 2.45) is 7.05 Å². The standard InChI is InChI=1S/C13H23ClN4/c1-4-5-11-8-15-6-7-18(11)9-12-13(14)10(2)16-17(12)3/h11,15H,4-9H2,1-3H3. The Labute approximate surface area is 114 Å². The van der Waals surface area contributed by atoms with E-state index in [1.54, 1.807) is 0 Å². The van der Waals surface area contributed by atoms with E-state index in [0.29, 0.717) is 6.04 Å². The van der Waals surface area contributed by atoms with Crippen LogP contribution in [0.25, 0.3) is 0 Å². The third-order valence-corrected chi connectivity index (χ3v) is 4.20. The minimum Gasteiger partial charge on any atom is -0.314 e. The smallest absolute Gasteiger partial charge is 0.0860 e. The SMILES string of the molecule is CCCC1CNCCN1Cc1c(Cl)c(C)nn1C. The van der Waals surface area contributed by atoms with Crippen molar-refractivity contribution in [2.45, 2.75) is 39.3 Å². The van der Waals surface area contributed by atoms with Crippen LogP contribution in [-0.4, -0.2) is 40.4 Å². The van der Waals surface area contributed by atoms with Gasteiger partial charge in [-0.05, 0) is 13.3 Å². The fraction of sp³-hybridized carbons (Fsp3) is 0.769. The second kappa shape index (κ2) is 6.04. The minimum absolute atomic E-state index is 0.620. The number of aryl methyl sites for hydroxylation is 2. The van der Waals surface area contributed by atoms with Crippen molar-refractivity contribution in [3.8, 4) is 0 Å². The van der Waals surface area contributed by atoms with Crippen LogP contribution in [0.15, 0.2) is 0 Å². The van der Waals surface area contributed by atoms with E-state index in [-0.39, 0.29) is 0 Å². The lowest BCUT2D eigenvalue weighted by Crippen LogP contribution is -2.50. The maximum absolute atomic E-state index is 6.33. The quantitative estimate of drug-likeness (QED) is 0.908. The van der Waals surface area contributed by atoms with Gasteiger partial charge in [0, 0.05) is 39.3 Å². The summed E-state index contributed by atoms with van der Waals surface area (Å²) in [5.74, 6) is 0. The Morgan fingerprint density at radius 3 is 2.89 bits per heavy atom. The predicted octanol–water partition coefficient (Wildman–Crippen LogP) is 1.96. The van der Waals surface area contributed by atoms with Gasteiger partial charge in [0.25, 0.3) is 0 Å². The van der Waals surface area contributed by atoms with E-state index in [1.807, 2.05) is 18.7 Å². The molecule has 2 heterocycles. The molecule has 0 spiro atoms. The third-order valence-electron chi connectivity index (χ3n) is 3.71. The van der Waals surface area contributed by atoms with Crippen molar-refractivity contribution >= 4 is 11.6 Å². The van der Waals surface area contributed by atoms with Crippen molar-refractivity contribution in [3.05, 3.63) is 16.4 Å². The molecular weight excluding hydrogens is 248 g/mol. The van der Waals surface area contributed by atoms with Gasteiger partial charge >= 0.3 is 0 Å². The summed E-state index contributed by atoms with van der Waals surface area (Å²) < 4.78 is 1.92. The maximum Gasteiger partial charge on any atom is 0.0860 e. The summed E-state index contributed by atoms with van der Waals surface area (Å²) in [6.45, 7) is 8.35. The van der Waals surface area contributed by atoms with Crippen LogP contribution in [0.1, 0.15) is 31.2 Å². The van der Waals surface area contributed by atoms with Gasteiger partial charge < -0.3 is 5.32 Å². The minimum atomic E-state index is 0.620. The fourth-order valence-corrected chi connectivity index (χ4v) is 2.89. The summed E-state index contributed by atoms with van der Waals surface area (Å²) in [4.78, 5) is 2.53. The molecule has 1 aliphatic rings. The number of piperazine rings is 1. The molecule has 1 N–H and O–H groups in total. The molecule has 1 aliphatic heterocycles. The first-order valence-corrected chi connectivity index (χ1v) is 7.14. The van der Waals surface area contributed by atoms with Gasteiger partial charge in [-0.25, -0.2) is 0 Å². The summed E-state index contributed by atoms with van der Waals surface area (Å²) in [6.07, 6.45) is 2.46. The van der Waals surface area contributed by atoms with E-state index in [9.17, 15) is 0 Å². The molecule has 0 radical (unpaired) electrons. The molecule has 1 unspecified atom stereocenters. The molecule has 5 heteroatoms. The van der Waals surface area contributed by atoms with Gasteiger partial charge in [-0.1, -0.05) is 24.9 Å². The Morgan fingerprint density at radius 1 is 1.50 bits per heavy atom. The molecule has 0 aromatic carbocycles. The highest BCUT2D eigenvalue weighted by Crippen LogP contribution is 2.22. The number of halogens is 1. The number of aromatic nitrogens is 2. The lowest BCUT2D eigenvalue weighted by Gasteiger charge is -2.36. The van der Waals surface area contributed by atoms with E-state index in [1.165, 1.54) is 12.8 Å². The monoisotopic (exact) mass is 270 g/mol. The van der Waals surface area contributed by atoms with Crippen molar-refractivity contribution in [3.63, 3.8) is 0 Å². The van der Waals surface area contributed by atoms with Crippen molar-refractivity contribution in [1.29, 1.82) is 0 Å². The number of hydrogen-bond donors (Lipinski definition) is 1. The molecule has 1 saturated heterocycles. The van der Waals surface area contributed by atoms with Gasteiger partial charge in [0.1, 0.15) is 0 Å². The Balaban J connectivity index is 2.10. The molecule has 18 heavy (non-hydrogen) atoms. The van der Waals surface area contributed by atoms with Gasteiger partial charge in [0.2, 0.25) is 0 Å². The summed E-state index contributed by atoms with van der Waals surface area (Å²) in [7, 11) is 1.98. The first kappa shape index (κ1) is 13.8. The first-order valence-electron chi connectivity index (χ1n) is 6.76. The molecule has 0 bridgehead atoms. The average Bonchev–Trinajstić information content (AvgIpc) is 2.59. The molecule has 1 aromatic heterocycles. The summed E-state index contributed by atoms with van der Waals surface area (Å²) in [5, 5.41) is 8.69. The maximum atomic E-state index is 6.33. The van der Waals surface area contributed by atoms with Gasteiger partial charge in [-0.2, -0.15) is 5.10 Å². The Hall–Kier alpha value is -0.580. The number of rotatable bonds is 4. The largest absolute Gasteiger partial charge is 0.314 e. The number of nitrogens with zero attached hydrogens (tertiary/aromatic N) is 3. The molecular formula is C13H23ClN4. The van der Waals surface area contributed by atoms with Gasteiger partial charge in [-0.15, -0.1) is 0 Å². The van der Waals surface area contributed by atoms with E-state index < -0.39 is 0 Å². The van der Waals surface area contributed by atoms with Crippen LogP contribution in [0.4, 0.5) is 0 Å². The summed E-state index contributed by atoms with van der Waals surface area (Å²) >= 11 is 6.33. The molecule has 1 atom stereocenters. The molecule has 1 aromatic rings. The van der Waals surface area contributed by atoms with Crippen LogP contribution < -0.4 is 5.32 Å². The van der Waals surface area contributed by atoms with Crippen molar-refractivity contribution in [1.82, 2.24) is 20.0 Å². The summed E-state index contributed by atoms with van der Waals surface area (Å²) in [6, 6.07) is 0.620. The first-order chi connectivity index (χ1) is 8.63. The zero-order chi connectivity index (χ0) is 13.1. The Morgan fingerprint density at radius 2 is 2.28 bits per heavy atom. The van der Waals surface area contributed by atoms with Gasteiger partial charge in [0.05, 0.1) is 16.4 Å². The normalized spacial score (nSPS) is 21.4. The van der Waals surface area contributed by atoms with Crippen LogP contribution >= 0.6 is 11.6 Å². The molecule has 0 aliphatic carbocycles. The lowest BCUT2D eigenvalue weighted by molar-refractivity contribution is 0.141. The molecule has 4 nitrogen and oxygen atoms in total. The Kier molecular flexibility index (Phi) is 4.65. The van der Waals surface area contributed by atoms with Crippen LogP contribution in [0, 0.1) is 6.92 Å². The highest BCUT2D eigenvalue weighted by atomic mass is 35.5. The Bertz CT molecular complexity index is 400. The zero-order valence-electron chi connectivity index (χ0n) is 11.5. The fourth-order valence-electron chi connectivity index (χ4n) is 2.67. The van der Waals surface area contributed by atoms with Gasteiger partial charge in [-0.3, -0.25) is 9.58 Å². The predicted molar refractivity (Wildman–Crippen MR) is 74.9 cm³/mol. The topological polar surface area (TPSA) is 33.1 Å². The van der Waals surface area contributed by atoms with Crippen LogP contribution in [0.2, 0.25) is 5.02 Å². The summed E-state index contributed by atoms with van der Waals surface area (Å²) in [5.41, 5.74) is 2.06. The van der Waals surface area contributed by atoms with E-state index in [4.69, 9.17) is 11.6 Å². The molecule has 102 valence electrons. The van der Waals surface area contributed by atoms with E-state index in [0.717, 1.165) is 42.6 Å². The third kappa shape index (κ3) is 2.87. The molecule has 1 fully saturated rings. The van der Waals surface area contributed by atoms with Gasteiger partial charge in [0.15, 0.2) is 0 Å².